The van der Waals surface area contributed by atoms with Crippen LogP contribution in [0.5, 0.6) is 0 Å². The molecule has 0 bridgehead atoms. The fourth-order valence-corrected chi connectivity index (χ4v) is 3.34. The third-order valence-electron chi connectivity index (χ3n) is 4.75. The third kappa shape index (κ3) is 2.75. The highest BCUT2D eigenvalue weighted by Crippen LogP contribution is 2.31. The van der Waals surface area contributed by atoms with Crippen LogP contribution in [-0.4, -0.2) is 9.32 Å². The second-order valence-electron chi connectivity index (χ2n) is 6.56. The molecule has 0 radical (unpaired) electrons. The van der Waals surface area contributed by atoms with Gasteiger partial charge in [-0.2, -0.15) is 0 Å². The summed E-state index contributed by atoms with van der Waals surface area (Å²) in [5.74, 6) is 0. The molecule has 2 heterocycles. The van der Waals surface area contributed by atoms with E-state index in [1.807, 2.05) is 37.3 Å². The number of benzene rings is 2. The number of aromatic nitrogens is 1. The lowest BCUT2D eigenvalue weighted by Crippen LogP contribution is -1.94. The number of pyridine rings is 1. The molecule has 4 heteroatoms. The van der Waals surface area contributed by atoms with E-state index in [1.54, 1.807) is 13.0 Å². The topological polar surface area (TPSA) is 47.5 Å². The number of hydrogen-bond donors (Lipinski definition) is 0. The van der Waals surface area contributed by atoms with Crippen molar-refractivity contribution in [3.63, 3.8) is 0 Å². The monoisotopic (exact) mass is 342 g/mol. The Morgan fingerprint density at radius 3 is 2.31 bits per heavy atom. The van der Waals surface area contributed by atoms with Gasteiger partial charge in [0, 0.05) is 35.1 Å². The van der Waals surface area contributed by atoms with Crippen LogP contribution in [0.15, 0.2) is 73.1 Å². The molecular weight excluding hydrogens is 324 g/mol. The van der Waals surface area contributed by atoms with Crippen LogP contribution in [0.2, 0.25) is 0 Å². The quantitative estimate of drug-likeness (QED) is 0.349. The van der Waals surface area contributed by atoms with Gasteiger partial charge in [-0.25, -0.2) is 0 Å². The molecule has 0 N–H and O–H groups in total. The van der Waals surface area contributed by atoms with Gasteiger partial charge in [0.2, 0.25) is 0 Å². The highest BCUT2D eigenvalue weighted by Gasteiger charge is 2.14. The fraction of sp³-hybridized carbons (Fsp3) is 0.0909. The van der Waals surface area contributed by atoms with Crippen LogP contribution in [0.1, 0.15) is 11.1 Å². The average molecular weight is 342 g/mol. The molecule has 0 atom stereocenters. The van der Waals surface area contributed by atoms with Crippen molar-refractivity contribution in [3.05, 3.63) is 94.3 Å². The van der Waals surface area contributed by atoms with Crippen molar-refractivity contribution < 1.29 is 4.92 Å². The van der Waals surface area contributed by atoms with Crippen LogP contribution >= 0.6 is 0 Å². The third-order valence-corrected chi connectivity index (χ3v) is 4.75. The zero-order valence-electron chi connectivity index (χ0n) is 14.6. The fourth-order valence-electron chi connectivity index (χ4n) is 3.34. The van der Waals surface area contributed by atoms with Crippen LogP contribution in [0.25, 0.3) is 27.8 Å². The van der Waals surface area contributed by atoms with Crippen molar-refractivity contribution in [3.8, 4) is 22.3 Å². The molecule has 0 spiro atoms. The lowest BCUT2D eigenvalue weighted by molar-refractivity contribution is -0.385. The van der Waals surface area contributed by atoms with Crippen LogP contribution in [-0.2, 0) is 0 Å². The highest BCUT2D eigenvalue weighted by molar-refractivity contribution is 5.77. The summed E-state index contributed by atoms with van der Waals surface area (Å²) in [5, 5.41) is 11.3. The molecule has 4 rings (SSSR count). The maximum absolute atomic E-state index is 11.3. The Labute approximate surface area is 151 Å². The normalized spacial score (nSPS) is 11.0. The van der Waals surface area contributed by atoms with Crippen molar-refractivity contribution in [1.29, 1.82) is 0 Å². The summed E-state index contributed by atoms with van der Waals surface area (Å²) in [6.45, 7) is 3.79. The number of rotatable bonds is 3. The van der Waals surface area contributed by atoms with Gasteiger partial charge in [-0.05, 0) is 48.2 Å². The number of nitro groups is 1. The maximum Gasteiger partial charge on any atom is 0.272 e. The Balaban J connectivity index is 1.85. The van der Waals surface area contributed by atoms with Gasteiger partial charge in [-0.1, -0.05) is 42.5 Å². The minimum Gasteiger partial charge on any atom is -0.323 e. The van der Waals surface area contributed by atoms with Gasteiger partial charge in [-0.3, -0.25) is 10.1 Å². The molecule has 128 valence electrons. The lowest BCUT2D eigenvalue weighted by atomic mass is 10.00. The second-order valence-corrected chi connectivity index (χ2v) is 6.56. The number of aryl methyl sites for hydroxylation is 2. The lowest BCUT2D eigenvalue weighted by Gasteiger charge is -2.08. The summed E-state index contributed by atoms with van der Waals surface area (Å²) in [6, 6.07) is 19.9. The first kappa shape index (κ1) is 16.1. The van der Waals surface area contributed by atoms with E-state index in [0.717, 1.165) is 27.8 Å². The zero-order valence-corrected chi connectivity index (χ0v) is 14.6. The van der Waals surface area contributed by atoms with Gasteiger partial charge < -0.3 is 4.40 Å². The second kappa shape index (κ2) is 6.15. The number of fused-ring (bicyclic) bond motifs is 1. The van der Waals surface area contributed by atoms with Crippen molar-refractivity contribution in [2.45, 2.75) is 13.8 Å². The van der Waals surface area contributed by atoms with Crippen LogP contribution in [0, 0.1) is 24.0 Å². The average Bonchev–Trinajstić information content (AvgIpc) is 3.05. The van der Waals surface area contributed by atoms with Gasteiger partial charge in [0.25, 0.3) is 5.69 Å². The van der Waals surface area contributed by atoms with Crippen LogP contribution in [0.3, 0.4) is 0 Å². The summed E-state index contributed by atoms with van der Waals surface area (Å²) in [7, 11) is 0. The summed E-state index contributed by atoms with van der Waals surface area (Å²) in [4.78, 5) is 10.9. The number of hydrogen-bond acceptors (Lipinski definition) is 2. The molecule has 4 aromatic rings. The van der Waals surface area contributed by atoms with E-state index in [4.69, 9.17) is 0 Å². The van der Waals surface area contributed by atoms with Gasteiger partial charge in [0.1, 0.15) is 0 Å². The molecule has 0 aliphatic rings. The Kier molecular flexibility index (Phi) is 3.81. The van der Waals surface area contributed by atoms with Gasteiger partial charge in [-0.15, -0.1) is 0 Å². The van der Waals surface area contributed by atoms with E-state index >= 15 is 0 Å². The highest BCUT2D eigenvalue weighted by atomic mass is 16.6. The molecule has 0 fully saturated rings. The van der Waals surface area contributed by atoms with Crippen molar-refractivity contribution in [2.24, 2.45) is 0 Å². The molecule has 4 nitrogen and oxygen atoms in total. The summed E-state index contributed by atoms with van der Waals surface area (Å²) < 4.78 is 2.10. The molecule has 26 heavy (non-hydrogen) atoms. The summed E-state index contributed by atoms with van der Waals surface area (Å²) in [5.41, 5.74) is 7.16. The first-order chi connectivity index (χ1) is 12.5. The predicted octanol–water partition coefficient (Wildman–Crippen LogP) is 5.80. The minimum absolute atomic E-state index is 0.155. The molecular formula is C22H18N2O2. The van der Waals surface area contributed by atoms with Crippen LogP contribution < -0.4 is 0 Å². The Bertz CT molecular complexity index is 1130. The number of nitro benzene ring substituents is 1. The summed E-state index contributed by atoms with van der Waals surface area (Å²) >= 11 is 0. The molecule has 0 unspecified atom stereocenters. The SMILES string of the molecule is Cc1cn2cc(-c3ccccc3)cc2cc1-c1ccc(C)c([N+](=O)[O-])c1. The number of nitrogens with zero attached hydrogens (tertiary/aromatic N) is 2. The Morgan fingerprint density at radius 2 is 1.58 bits per heavy atom. The summed E-state index contributed by atoms with van der Waals surface area (Å²) in [6.07, 6.45) is 4.18. The van der Waals surface area contributed by atoms with E-state index in [-0.39, 0.29) is 10.6 Å². The van der Waals surface area contributed by atoms with E-state index in [2.05, 4.69) is 41.1 Å². The van der Waals surface area contributed by atoms with E-state index < -0.39 is 0 Å². The van der Waals surface area contributed by atoms with Crippen LogP contribution in [0.4, 0.5) is 5.69 Å². The smallest absolute Gasteiger partial charge is 0.272 e. The molecule has 0 amide bonds. The Hall–Kier alpha value is -3.40. The molecule has 0 aliphatic carbocycles. The predicted molar refractivity (Wildman–Crippen MR) is 104 cm³/mol. The van der Waals surface area contributed by atoms with Crippen molar-refractivity contribution in [1.82, 2.24) is 4.40 Å². The van der Waals surface area contributed by atoms with E-state index in [0.29, 0.717) is 5.56 Å². The molecule has 2 aromatic carbocycles. The minimum atomic E-state index is -0.322. The van der Waals surface area contributed by atoms with Gasteiger partial charge in [0.05, 0.1) is 4.92 Å². The zero-order chi connectivity index (χ0) is 18.3. The largest absolute Gasteiger partial charge is 0.323 e. The molecule has 0 saturated carbocycles. The standard InChI is InChI=1S/C22H18N2O2/c1-15-8-9-18(11-22(15)24(25)26)21-12-20-10-19(14-23(20)13-16(21)2)17-6-4-3-5-7-17/h3-14H,1-2H3. The molecule has 0 aliphatic heterocycles. The maximum atomic E-state index is 11.3. The Morgan fingerprint density at radius 1 is 0.808 bits per heavy atom. The molecule has 2 aromatic heterocycles. The van der Waals surface area contributed by atoms with E-state index in [9.17, 15) is 10.1 Å². The van der Waals surface area contributed by atoms with Gasteiger partial charge >= 0.3 is 0 Å². The van der Waals surface area contributed by atoms with Crippen molar-refractivity contribution >= 4 is 11.2 Å². The van der Waals surface area contributed by atoms with E-state index in [1.165, 1.54) is 5.56 Å². The first-order valence-electron chi connectivity index (χ1n) is 8.46. The first-order valence-corrected chi connectivity index (χ1v) is 8.46. The van der Waals surface area contributed by atoms with Gasteiger partial charge in [0.15, 0.2) is 0 Å². The molecule has 0 saturated heterocycles. The van der Waals surface area contributed by atoms with Crippen molar-refractivity contribution in [2.75, 3.05) is 0 Å².